The molecule has 0 aliphatic rings. The van der Waals surface area contributed by atoms with Crippen molar-refractivity contribution in [2.45, 2.75) is 17.0 Å². The summed E-state index contributed by atoms with van der Waals surface area (Å²) in [7, 11) is -3.82. The van der Waals surface area contributed by atoms with Crippen LogP contribution in [0, 0.1) is 0 Å². The molecule has 0 aromatic heterocycles. The summed E-state index contributed by atoms with van der Waals surface area (Å²) in [6.07, 6.45) is 0. The van der Waals surface area contributed by atoms with Gasteiger partial charge in [-0.25, -0.2) is 13.1 Å². The predicted octanol–water partition coefficient (Wildman–Crippen LogP) is 3.11. The van der Waals surface area contributed by atoms with Crippen LogP contribution in [0.25, 0.3) is 0 Å². The van der Waals surface area contributed by atoms with Gasteiger partial charge in [0.15, 0.2) is 0 Å². The molecule has 0 unspecified atom stereocenters. The summed E-state index contributed by atoms with van der Waals surface area (Å²) in [5.41, 5.74) is 8.01. The van der Waals surface area contributed by atoms with Crippen LogP contribution >= 0.6 is 0 Å². The number of nitrogens with two attached hydrogens (primary N) is 1. The number of benzene rings is 3. The molecule has 0 heterocycles. The lowest BCUT2D eigenvalue weighted by Gasteiger charge is -2.26. The number of phenols is 1. The molecule has 0 spiro atoms. The molecule has 0 fully saturated rings. The fourth-order valence-electron chi connectivity index (χ4n) is 2.74. The minimum absolute atomic E-state index is 0.00421. The van der Waals surface area contributed by atoms with Crippen LogP contribution in [0.15, 0.2) is 89.8 Å². The smallest absolute Gasteiger partial charge is 0.241 e. The number of hydrogen-bond donors (Lipinski definition) is 3. The number of rotatable bonds is 6. The van der Waals surface area contributed by atoms with Gasteiger partial charge in [-0.3, -0.25) is 0 Å². The molecule has 0 radical (unpaired) electrons. The van der Waals surface area contributed by atoms with E-state index in [1.54, 1.807) is 0 Å². The first-order valence-electron chi connectivity index (χ1n) is 8.14. The van der Waals surface area contributed by atoms with Gasteiger partial charge in [-0.15, -0.1) is 0 Å². The largest absolute Gasteiger partial charge is 0.508 e. The molecule has 5 nitrogen and oxygen atoms in total. The highest BCUT2D eigenvalue weighted by atomic mass is 32.2. The maximum absolute atomic E-state index is 12.8. The van der Waals surface area contributed by atoms with Crippen LogP contribution in [0.1, 0.15) is 23.2 Å². The van der Waals surface area contributed by atoms with Gasteiger partial charge in [0.2, 0.25) is 10.0 Å². The van der Waals surface area contributed by atoms with E-state index in [0.717, 1.165) is 11.1 Å². The fourth-order valence-corrected chi connectivity index (χ4v) is 3.98. The third-order valence-electron chi connectivity index (χ3n) is 4.13. The maximum atomic E-state index is 12.8. The lowest BCUT2D eigenvalue weighted by atomic mass is 9.95. The second kappa shape index (κ2) is 7.70. The van der Waals surface area contributed by atoms with Crippen molar-refractivity contribution in [1.29, 1.82) is 0 Å². The second-order valence-electron chi connectivity index (χ2n) is 5.94. The van der Waals surface area contributed by atoms with Gasteiger partial charge < -0.3 is 10.8 Å². The van der Waals surface area contributed by atoms with Crippen LogP contribution in [-0.4, -0.2) is 13.5 Å². The van der Waals surface area contributed by atoms with E-state index >= 15 is 0 Å². The summed E-state index contributed by atoms with van der Waals surface area (Å²) in [4.78, 5) is 0.0662. The van der Waals surface area contributed by atoms with Crippen LogP contribution in [0.2, 0.25) is 0 Å². The Labute approximate surface area is 153 Å². The van der Waals surface area contributed by atoms with Crippen LogP contribution in [0.4, 0.5) is 0 Å². The van der Waals surface area contributed by atoms with E-state index in [1.165, 1.54) is 24.3 Å². The molecular weight excluding hydrogens is 348 g/mol. The molecule has 3 rings (SSSR count). The lowest BCUT2D eigenvalue weighted by Crippen LogP contribution is -2.36. The standard InChI is InChI=1S/C20H20N2O3S/c21-19(15-7-3-1-4-8-15)20(16-9-5-2-6-10-16)22-26(24,25)18-13-11-17(23)12-14-18/h1-14,19-20,22-23H,21H2/t19-,20-/m1/s1. The van der Waals surface area contributed by atoms with Gasteiger partial charge in [0.1, 0.15) is 5.75 Å². The average Bonchev–Trinajstić information content (AvgIpc) is 2.67. The van der Waals surface area contributed by atoms with Crippen LogP contribution in [-0.2, 0) is 10.0 Å². The van der Waals surface area contributed by atoms with Crippen molar-refractivity contribution >= 4 is 10.0 Å². The number of phenolic OH excluding ortho intramolecular Hbond substituents is 1. The molecule has 0 bridgehead atoms. The first kappa shape index (κ1) is 18.1. The van der Waals surface area contributed by atoms with E-state index in [4.69, 9.17) is 5.73 Å². The molecule has 4 N–H and O–H groups in total. The van der Waals surface area contributed by atoms with Gasteiger partial charge in [-0.05, 0) is 35.4 Å². The number of nitrogens with one attached hydrogen (secondary N) is 1. The van der Waals surface area contributed by atoms with Crippen LogP contribution in [0.3, 0.4) is 0 Å². The summed E-state index contributed by atoms with van der Waals surface area (Å²) in [6.45, 7) is 0. The minimum Gasteiger partial charge on any atom is -0.508 e. The Morgan fingerprint density at radius 1 is 0.769 bits per heavy atom. The highest BCUT2D eigenvalue weighted by Gasteiger charge is 2.27. The molecule has 2 atom stereocenters. The summed E-state index contributed by atoms with van der Waals surface area (Å²) in [5, 5.41) is 9.38. The first-order chi connectivity index (χ1) is 12.5. The Morgan fingerprint density at radius 3 is 1.81 bits per heavy atom. The summed E-state index contributed by atoms with van der Waals surface area (Å²) in [5.74, 6) is 0.00421. The lowest BCUT2D eigenvalue weighted by molar-refractivity contribution is 0.474. The van der Waals surface area contributed by atoms with Crippen molar-refractivity contribution in [2.24, 2.45) is 5.73 Å². The van der Waals surface area contributed by atoms with Crippen molar-refractivity contribution < 1.29 is 13.5 Å². The zero-order valence-corrected chi connectivity index (χ0v) is 14.8. The van der Waals surface area contributed by atoms with E-state index in [9.17, 15) is 13.5 Å². The number of sulfonamides is 1. The molecule has 3 aromatic carbocycles. The van der Waals surface area contributed by atoms with Gasteiger partial charge in [0, 0.05) is 0 Å². The zero-order chi connectivity index (χ0) is 18.6. The molecule has 0 saturated carbocycles. The molecule has 26 heavy (non-hydrogen) atoms. The van der Waals surface area contributed by atoms with E-state index in [0.29, 0.717) is 0 Å². The molecule has 0 saturated heterocycles. The highest BCUT2D eigenvalue weighted by molar-refractivity contribution is 7.89. The SMILES string of the molecule is N[C@H](c1ccccc1)[C@H](NS(=O)(=O)c1ccc(O)cc1)c1ccccc1. The quantitative estimate of drug-likeness (QED) is 0.623. The Morgan fingerprint density at radius 2 is 1.27 bits per heavy atom. The maximum Gasteiger partial charge on any atom is 0.241 e. The summed E-state index contributed by atoms with van der Waals surface area (Å²) in [6, 6.07) is 22.8. The van der Waals surface area contributed by atoms with Gasteiger partial charge in [-0.2, -0.15) is 0 Å². The predicted molar refractivity (Wildman–Crippen MR) is 101 cm³/mol. The van der Waals surface area contributed by atoms with Crippen molar-refractivity contribution in [1.82, 2.24) is 4.72 Å². The Hall–Kier alpha value is -2.67. The van der Waals surface area contributed by atoms with Gasteiger partial charge in [-0.1, -0.05) is 60.7 Å². The fraction of sp³-hybridized carbons (Fsp3) is 0.100. The third-order valence-corrected chi connectivity index (χ3v) is 5.59. The van der Waals surface area contributed by atoms with Crippen molar-refractivity contribution in [2.75, 3.05) is 0 Å². The average molecular weight is 368 g/mol. The van der Waals surface area contributed by atoms with Gasteiger partial charge in [0.25, 0.3) is 0 Å². The Balaban J connectivity index is 1.97. The van der Waals surface area contributed by atoms with Crippen molar-refractivity contribution in [3.05, 3.63) is 96.1 Å². The summed E-state index contributed by atoms with van der Waals surface area (Å²) >= 11 is 0. The molecule has 0 amide bonds. The number of aromatic hydroxyl groups is 1. The van der Waals surface area contributed by atoms with E-state index in [2.05, 4.69) is 4.72 Å². The molecule has 134 valence electrons. The van der Waals surface area contributed by atoms with Gasteiger partial charge in [0.05, 0.1) is 17.0 Å². The molecule has 0 aliphatic carbocycles. The molecule has 0 aliphatic heterocycles. The van der Waals surface area contributed by atoms with E-state index < -0.39 is 22.1 Å². The molecule has 3 aromatic rings. The molecule has 6 heteroatoms. The highest BCUT2D eigenvalue weighted by Crippen LogP contribution is 2.29. The van der Waals surface area contributed by atoms with Crippen molar-refractivity contribution in [3.8, 4) is 5.75 Å². The van der Waals surface area contributed by atoms with Crippen LogP contribution < -0.4 is 10.5 Å². The Bertz CT molecular complexity index is 943. The summed E-state index contributed by atoms with van der Waals surface area (Å²) < 4.78 is 28.3. The Kier molecular flexibility index (Phi) is 5.37. The third kappa shape index (κ3) is 4.11. The van der Waals surface area contributed by atoms with Crippen molar-refractivity contribution in [3.63, 3.8) is 0 Å². The van der Waals surface area contributed by atoms with Crippen LogP contribution in [0.5, 0.6) is 5.75 Å². The van der Waals surface area contributed by atoms with Gasteiger partial charge >= 0.3 is 0 Å². The normalized spacial score (nSPS) is 13.9. The number of hydrogen-bond acceptors (Lipinski definition) is 4. The second-order valence-corrected chi connectivity index (χ2v) is 7.65. The molecular formula is C20H20N2O3S. The zero-order valence-electron chi connectivity index (χ0n) is 14.0. The first-order valence-corrected chi connectivity index (χ1v) is 9.62. The van der Waals surface area contributed by atoms with E-state index in [-0.39, 0.29) is 10.6 Å². The minimum atomic E-state index is -3.82. The topological polar surface area (TPSA) is 92.4 Å². The monoisotopic (exact) mass is 368 g/mol. The van der Waals surface area contributed by atoms with E-state index in [1.807, 2.05) is 60.7 Å².